The molecule has 3 nitrogen and oxygen atoms in total. The Morgan fingerprint density at radius 3 is 2.50 bits per heavy atom. The van der Waals surface area contributed by atoms with E-state index in [2.05, 4.69) is 4.98 Å². The number of aliphatic hydroxyl groups is 1. The van der Waals surface area contributed by atoms with Gasteiger partial charge in [-0.05, 0) is 18.9 Å². The zero-order chi connectivity index (χ0) is 13.0. The molecule has 0 spiro atoms. The predicted octanol–water partition coefficient (Wildman–Crippen LogP) is 2.99. The molecule has 1 fully saturated rings. The maximum Gasteiger partial charge on any atom is 0.141 e. The number of aromatic nitrogens is 1. The number of aliphatic hydroxyl groups excluding tert-OH is 1. The quantitative estimate of drug-likeness (QED) is 0.842. The van der Waals surface area contributed by atoms with Crippen molar-refractivity contribution in [2.45, 2.75) is 50.2 Å². The lowest BCUT2D eigenvalue weighted by Gasteiger charge is -2.36. The van der Waals surface area contributed by atoms with Crippen LogP contribution in [-0.2, 0) is 4.74 Å². The van der Waals surface area contributed by atoms with Gasteiger partial charge in [0.2, 0.25) is 0 Å². The Kier molecular flexibility index (Phi) is 4.30. The van der Waals surface area contributed by atoms with Crippen LogP contribution in [0.2, 0.25) is 0 Å². The first-order valence-electron chi connectivity index (χ1n) is 6.52. The summed E-state index contributed by atoms with van der Waals surface area (Å²) in [7, 11) is 1.63. The van der Waals surface area contributed by atoms with E-state index in [1.807, 2.05) is 0 Å². The largest absolute Gasteiger partial charge is 0.385 e. The molecule has 1 N–H and O–H groups in total. The lowest BCUT2D eigenvalue weighted by Crippen LogP contribution is -2.38. The smallest absolute Gasteiger partial charge is 0.141 e. The van der Waals surface area contributed by atoms with Crippen LogP contribution in [0.5, 0.6) is 0 Å². The molecule has 1 aromatic heterocycles. The third-order valence-corrected chi connectivity index (χ3v) is 3.90. The minimum absolute atomic E-state index is 0.425. The molecule has 1 atom stereocenters. The van der Waals surface area contributed by atoms with E-state index in [9.17, 15) is 9.50 Å². The van der Waals surface area contributed by atoms with Crippen molar-refractivity contribution in [3.05, 3.63) is 29.8 Å². The first-order valence-corrected chi connectivity index (χ1v) is 6.52. The number of methoxy groups -OCH3 is 1. The fourth-order valence-corrected chi connectivity index (χ4v) is 2.80. The molecule has 1 saturated carbocycles. The first-order chi connectivity index (χ1) is 8.68. The fourth-order valence-electron chi connectivity index (χ4n) is 2.80. The summed E-state index contributed by atoms with van der Waals surface area (Å²) < 4.78 is 18.8. The second kappa shape index (κ2) is 5.76. The second-order valence-corrected chi connectivity index (χ2v) is 5.02. The van der Waals surface area contributed by atoms with E-state index in [0.717, 1.165) is 31.9 Å². The van der Waals surface area contributed by atoms with Crippen molar-refractivity contribution in [2.75, 3.05) is 7.11 Å². The van der Waals surface area contributed by atoms with Gasteiger partial charge >= 0.3 is 0 Å². The summed E-state index contributed by atoms with van der Waals surface area (Å²) in [6, 6.07) is 1.34. The predicted molar refractivity (Wildman–Crippen MR) is 66.6 cm³/mol. The Bertz CT molecular complexity index is 389. The first kappa shape index (κ1) is 13.4. The molecule has 1 heterocycles. The van der Waals surface area contributed by atoms with E-state index in [4.69, 9.17) is 4.74 Å². The standard InChI is InChI=1S/C14H20FNO2/c1-18-14(6-4-2-3-5-7-14)13(17)11-8-12(15)10-16-9-11/h8-10,13,17H,2-7H2,1H3. The van der Waals surface area contributed by atoms with Crippen molar-refractivity contribution >= 4 is 0 Å². The molecule has 1 aliphatic carbocycles. The summed E-state index contributed by atoms with van der Waals surface area (Å²) >= 11 is 0. The number of ether oxygens (including phenoxy) is 1. The zero-order valence-corrected chi connectivity index (χ0v) is 10.7. The Morgan fingerprint density at radius 1 is 1.28 bits per heavy atom. The normalized spacial score (nSPS) is 21.3. The minimum atomic E-state index is -0.816. The third kappa shape index (κ3) is 2.70. The molecule has 0 bridgehead atoms. The van der Waals surface area contributed by atoms with Crippen molar-refractivity contribution < 1.29 is 14.2 Å². The van der Waals surface area contributed by atoms with Gasteiger partial charge in [0.25, 0.3) is 0 Å². The van der Waals surface area contributed by atoms with Gasteiger partial charge in [0.05, 0.1) is 11.8 Å². The van der Waals surface area contributed by atoms with Gasteiger partial charge < -0.3 is 9.84 Å². The monoisotopic (exact) mass is 253 g/mol. The summed E-state index contributed by atoms with van der Waals surface area (Å²) in [5.74, 6) is -0.425. The van der Waals surface area contributed by atoms with Crippen LogP contribution in [0, 0.1) is 5.82 Å². The number of rotatable bonds is 3. The molecule has 1 unspecified atom stereocenters. The lowest BCUT2D eigenvalue weighted by molar-refractivity contribution is -0.114. The van der Waals surface area contributed by atoms with Crippen LogP contribution in [0.4, 0.5) is 4.39 Å². The molecule has 0 aromatic carbocycles. The number of pyridine rings is 1. The molecule has 0 radical (unpaired) electrons. The molecule has 0 saturated heterocycles. The molecule has 0 amide bonds. The van der Waals surface area contributed by atoms with E-state index in [-0.39, 0.29) is 0 Å². The van der Waals surface area contributed by atoms with E-state index in [0.29, 0.717) is 5.56 Å². The van der Waals surface area contributed by atoms with Crippen molar-refractivity contribution in [3.8, 4) is 0 Å². The van der Waals surface area contributed by atoms with Gasteiger partial charge in [-0.1, -0.05) is 25.7 Å². The van der Waals surface area contributed by atoms with Crippen molar-refractivity contribution in [3.63, 3.8) is 0 Å². The number of halogens is 1. The van der Waals surface area contributed by atoms with Gasteiger partial charge in [-0.2, -0.15) is 0 Å². The summed E-state index contributed by atoms with van der Waals surface area (Å²) in [5.41, 5.74) is -0.0925. The van der Waals surface area contributed by atoms with Crippen LogP contribution in [0.3, 0.4) is 0 Å². The Hall–Kier alpha value is -1.00. The molecule has 2 rings (SSSR count). The highest BCUT2D eigenvalue weighted by atomic mass is 19.1. The number of nitrogens with zero attached hydrogens (tertiary/aromatic N) is 1. The Balaban J connectivity index is 2.25. The van der Waals surface area contributed by atoms with Crippen LogP contribution < -0.4 is 0 Å². The van der Waals surface area contributed by atoms with Gasteiger partial charge in [-0.15, -0.1) is 0 Å². The van der Waals surface area contributed by atoms with E-state index in [1.165, 1.54) is 25.1 Å². The molecule has 1 aliphatic rings. The van der Waals surface area contributed by atoms with Crippen molar-refractivity contribution in [1.82, 2.24) is 4.98 Å². The molecule has 4 heteroatoms. The Morgan fingerprint density at radius 2 is 1.94 bits per heavy atom. The van der Waals surface area contributed by atoms with E-state index < -0.39 is 17.5 Å². The van der Waals surface area contributed by atoms with Crippen molar-refractivity contribution in [1.29, 1.82) is 0 Å². The van der Waals surface area contributed by atoms with Crippen LogP contribution >= 0.6 is 0 Å². The van der Waals surface area contributed by atoms with Crippen LogP contribution in [0.1, 0.15) is 50.2 Å². The summed E-state index contributed by atoms with van der Waals surface area (Å²) in [6.45, 7) is 0. The molecule has 100 valence electrons. The highest BCUT2D eigenvalue weighted by Gasteiger charge is 2.39. The van der Waals surface area contributed by atoms with Gasteiger partial charge in [-0.3, -0.25) is 4.98 Å². The van der Waals surface area contributed by atoms with E-state index >= 15 is 0 Å². The number of hydrogen-bond acceptors (Lipinski definition) is 3. The molecule has 0 aliphatic heterocycles. The highest BCUT2D eigenvalue weighted by molar-refractivity contribution is 5.17. The summed E-state index contributed by atoms with van der Waals surface area (Å²) in [6.07, 6.45) is 7.86. The average Bonchev–Trinajstić information content (AvgIpc) is 2.64. The minimum Gasteiger partial charge on any atom is -0.385 e. The van der Waals surface area contributed by atoms with Crippen molar-refractivity contribution in [2.24, 2.45) is 0 Å². The van der Waals surface area contributed by atoms with E-state index in [1.54, 1.807) is 7.11 Å². The molecular formula is C14H20FNO2. The zero-order valence-electron chi connectivity index (χ0n) is 10.7. The van der Waals surface area contributed by atoms with Crippen LogP contribution in [0.15, 0.2) is 18.5 Å². The third-order valence-electron chi connectivity index (χ3n) is 3.90. The maximum atomic E-state index is 13.2. The Labute approximate surface area is 107 Å². The number of hydrogen-bond donors (Lipinski definition) is 1. The fraction of sp³-hybridized carbons (Fsp3) is 0.643. The van der Waals surface area contributed by atoms with Gasteiger partial charge in [0.1, 0.15) is 11.9 Å². The van der Waals surface area contributed by atoms with Gasteiger partial charge in [0.15, 0.2) is 0 Å². The van der Waals surface area contributed by atoms with Gasteiger partial charge in [-0.25, -0.2) is 4.39 Å². The van der Waals surface area contributed by atoms with Crippen LogP contribution in [0.25, 0.3) is 0 Å². The molecule has 18 heavy (non-hydrogen) atoms. The topological polar surface area (TPSA) is 42.4 Å². The highest BCUT2D eigenvalue weighted by Crippen LogP contribution is 2.39. The summed E-state index contributed by atoms with van der Waals surface area (Å²) in [4.78, 5) is 3.80. The second-order valence-electron chi connectivity index (χ2n) is 5.02. The lowest BCUT2D eigenvalue weighted by atomic mass is 9.85. The summed E-state index contributed by atoms with van der Waals surface area (Å²) in [5, 5.41) is 10.5. The van der Waals surface area contributed by atoms with Crippen LogP contribution in [-0.4, -0.2) is 22.8 Å². The molecule has 1 aromatic rings. The molecular weight excluding hydrogens is 233 g/mol. The maximum absolute atomic E-state index is 13.2. The average molecular weight is 253 g/mol. The SMILES string of the molecule is COC1(C(O)c2cncc(F)c2)CCCCCC1. The van der Waals surface area contributed by atoms with Gasteiger partial charge in [0, 0.05) is 18.9 Å².